The molecule has 10 nitrogen and oxygen atoms in total. The van der Waals surface area contributed by atoms with E-state index < -0.39 is 35.2 Å². The van der Waals surface area contributed by atoms with Gasteiger partial charge in [0.25, 0.3) is 11.1 Å². The standard InChI is InChI=1S/C29H20ClF3N6O4/c1-37-13-35-23(36-37)12-39-28(41)25-21(38(29(39)42)11-14-7-19(31)26(33)20(32)8-14)9-15(10-22(25)43-2)24-16-5-6-34-27(40)17(16)3-4-18(24)30/h3-10,13H,11-12H2,1-2H3,(H,34,40). The van der Waals surface area contributed by atoms with Gasteiger partial charge in [-0.1, -0.05) is 11.6 Å². The molecule has 43 heavy (non-hydrogen) atoms. The Morgan fingerprint density at radius 3 is 2.37 bits per heavy atom. The molecule has 0 bridgehead atoms. The lowest BCUT2D eigenvalue weighted by atomic mass is 9.97. The van der Waals surface area contributed by atoms with E-state index in [4.69, 9.17) is 16.3 Å². The molecule has 0 saturated carbocycles. The Kier molecular flexibility index (Phi) is 6.89. The van der Waals surface area contributed by atoms with E-state index in [9.17, 15) is 27.6 Å². The molecule has 3 aromatic heterocycles. The minimum atomic E-state index is -1.66. The SMILES string of the molecule is COc1cc(-c2c(Cl)ccc3c(=O)[nH]ccc23)cc2c1c(=O)n(Cc1ncn(C)n1)c(=O)n2Cc1cc(F)c(F)c(F)c1. The van der Waals surface area contributed by atoms with E-state index in [1.807, 2.05) is 0 Å². The molecule has 3 heterocycles. The molecule has 218 valence electrons. The number of ether oxygens (including phenoxy) is 1. The number of benzene rings is 3. The number of H-pyrrole nitrogens is 1. The number of hydrogen-bond acceptors (Lipinski definition) is 6. The second-order valence-corrected chi connectivity index (χ2v) is 10.1. The average molecular weight is 609 g/mol. The number of aromatic nitrogens is 6. The predicted molar refractivity (Wildman–Crippen MR) is 153 cm³/mol. The molecule has 0 amide bonds. The summed E-state index contributed by atoms with van der Waals surface area (Å²) in [5.41, 5.74) is -1.17. The van der Waals surface area contributed by atoms with Gasteiger partial charge >= 0.3 is 5.69 Å². The summed E-state index contributed by atoms with van der Waals surface area (Å²) in [5.74, 6) is -4.32. The Balaban J connectivity index is 1.69. The van der Waals surface area contributed by atoms with Gasteiger partial charge in [0.1, 0.15) is 17.5 Å². The zero-order chi connectivity index (χ0) is 30.6. The maximum atomic E-state index is 14.2. The van der Waals surface area contributed by atoms with Crippen molar-refractivity contribution < 1.29 is 17.9 Å². The number of aromatic amines is 1. The normalized spacial score (nSPS) is 11.5. The predicted octanol–water partition coefficient (Wildman–Crippen LogP) is 3.98. The maximum Gasteiger partial charge on any atom is 0.332 e. The first kappa shape index (κ1) is 28.0. The molecule has 0 spiro atoms. The first-order valence-corrected chi connectivity index (χ1v) is 13.1. The number of hydrogen-bond donors (Lipinski definition) is 1. The van der Waals surface area contributed by atoms with E-state index >= 15 is 0 Å². The summed E-state index contributed by atoms with van der Waals surface area (Å²) in [6.45, 7) is -0.766. The van der Waals surface area contributed by atoms with E-state index in [0.717, 1.165) is 21.3 Å². The lowest BCUT2D eigenvalue weighted by molar-refractivity contribution is 0.418. The van der Waals surface area contributed by atoms with Crippen LogP contribution >= 0.6 is 11.6 Å². The van der Waals surface area contributed by atoms with Crippen LogP contribution in [0, 0.1) is 17.5 Å². The summed E-state index contributed by atoms with van der Waals surface area (Å²) in [6.07, 6.45) is 2.86. The van der Waals surface area contributed by atoms with Crippen LogP contribution < -0.4 is 21.5 Å². The largest absolute Gasteiger partial charge is 0.496 e. The van der Waals surface area contributed by atoms with Crippen LogP contribution in [0.1, 0.15) is 11.4 Å². The molecule has 0 aliphatic carbocycles. The minimum Gasteiger partial charge on any atom is -0.496 e. The van der Waals surface area contributed by atoms with Crippen LogP contribution in [-0.4, -0.2) is 36.0 Å². The molecule has 6 rings (SSSR count). The van der Waals surface area contributed by atoms with Gasteiger partial charge in [0, 0.05) is 29.2 Å². The Hall–Kier alpha value is -5.17. The number of halogens is 4. The molecule has 0 saturated heterocycles. The smallest absolute Gasteiger partial charge is 0.332 e. The van der Waals surface area contributed by atoms with E-state index in [2.05, 4.69) is 15.1 Å². The first-order valence-electron chi connectivity index (χ1n) is 12.7. The molecule has 0 aliphatic heterocycles. The van der Waals surface area contributed by atoms with Gasteiger partial charge in [0.15, 0.2) is 23.3 Å². The number of rotatable bonds is 6. The highest BCUT2D eigenvalue weighted by Crippen LogP contribution is 2.38. The van der Waals surface area contributed by atoms with Crippen LogP contribution in [0.15, 0.2) is 69.4 Å². The van der Waals surface area contributed by atoms with E-state index in [1.165, 1.54) is 30.4 Å². The Labute approximate surface area is 244 Å². The summed E-state index contributed by atoms with van der Waals surface area (Å²) in [7, 11) is 2.95. The summed E-state index contributed by atoms with van der Waals surface area (Å²) >= 11 is 6.61. The molecule has 0 radical (unpaired) electrons. The van der Waals surface area contributed by atoms with Gasteiger partial charge in [-0.2, -0.15) is 5.10 Å². The molecule has 6 aromatic rings. The van der Waals surface area contributed by atoms with E-state index in [1.54, 1.807) is 31.3 Å². The third kappa shape index (κ3) is 4.77. The van der Waals surface area contributed by atoms with Gasteiger partial charge in [-0.15, -0.1) is 0 Å². The van der Waals surface area contributed by atoms with Crippen LogP contribution in [0.3, 0.4) is 0 Å². The van der Waals surface area contributed by atoms with Gasteiger partial charge in [0.05, 0.1) is 25.7 Å². The van der Waals surface area contributed by atoms with Crippen molar-refractivity contribution in [2.45, 2.75) is 13.1 Å². The Bertz CT molecular complexity index is 2250. The van der Waals surface area contributed by atoms with E-state index in [0.29, 0.717) is 21.9 Å². The molecule has 0 aliphatic rings. The fourth-order valence-electron chi connectivity index (χ4n) is 5.11. The average Bonchev–Trinajstić information content (AvgIpc) is 3.39. The van der Waals surface area contributed by atoms with Crippen molar-refractivity contribution >= 4 is 33.3 Å². The van der Waals surface area contributed by atoms with Gasteiger partial charge in [-0.05, 0) is 59.0 Å². The molecule has 0 atom stereocenters. The molecular formula is C29H20ClF3N6O4. The summed E-state index contributed by atoms with van der Waals surface area (Å²) < 4.78 is 51.1. The number of aryl methyl sites for hydroxylation is 1. The topological polar surface area (TPSA) is 117 Å². The summed E-state index contributed by atoms with van der Waals surface area (Å²) in [6, 6.07) is 9.34. The highest BCUT2D eigenvalue weighted by Gasteiger charge is 2.22. The highest BCUT2D eigenvalue weighted by atomic mass is 35.5. The lowest BCUT2D eigenvalue weighted by Crippen LogP contribution is -2.41. The van der Waals surface area contributed by atoms with Crippen molar-refractivity contribution in [2.24, 2.45) is 7.05 Å². The van der Waals surface area contributed by atoms with Crippen molar-refractivity contribution in [3.63, 3.8) is 0 Å². The number of methoxy groups -OCH3 is 1. The van der Waals surface area contributed by atoms with Gasteiger partial charge in [0.2, 0.25) is 0 Å². The van der Waals surface area contributed by atoms with Crippen LogP contribution in [-0.2, 0) is 20.1 Å². The number of nitrogens with zero attached hydrogens (tertiary/aromatic N) is 5. The fourth-order valence-corrected chi connectivity index (χ4v) is 5.39. The van der Waals surface area contributed by atoms with Crippen LogP contribution in [0.5, 0.6) is 5.75 Å². The zero-order valence-corrected chi connectivity index (χ0v) is 23.2. The van der Waals surface area contributed by atoms with Crippen molar-refractivity contribution in [2.75, 3.05) is 7.11 Å². The number of pyridine rings is 1. The van der Waals surface area contributed by atoms with Gasteiger partial charge < -0.3 is 9.72 Å². The van der Waals surface area contributed by atoms with Crippen LogP contribution in [0.2, 0.25) is 5.02 Å². The lowest BCUT2D eigenvalue weighted by Gasteiger charge is -2.18. The van der Waals surface area contributed by atoms with Crippen molar-refractivity contribution in [3.05, 3.63) is 120 Å². The summed E-state index contributed by atoms with van der Waals surface area (Å²) in [5, 5.41) is 5.21. The van der Waals surface area contributed by atoms with Crippen molar-refractivity contribution in [1.29, 1.82) is 0 Å². The van der Waals surface area contributed by atoms with Crippen molar-refractivity contribution in [3.8, 4) is 16.9 Å². The third-order valence-corrected chi connectivity index (χ3v) is 7.35. The van der Waals surface area contributed by atoms with Gasteiger partial charge in [-0.25, -0.2) is 22.9 Å². The van der Waals surface area contributed by atoms with Crippen molar-refractivity contribution in [1.82, 2.24) is 28.9 Å². The second kappa shape index (κ2) is 10.6. The number of nitrogens with one attached hydrogen (secondary N) is 1. The zero-order valence-electron chi connectivity index (χ0n) is 22.5. The molecule has 14 heteroatoms. The second-order valence-electron chi connectivity index (χ2n) is 9.73. The summed E-state index contributed by atoms with van der Waals surface area (Å²) in [4.78, 5) is 47.0. The maximum absolute atomic E-state index is 14.2. The van der Waals surface area contributed by atoms with E-state index in [-0.39, 0.29) is 45.2 Å². The Morgan fingerprint density at radius 2 is 1.70 bits per heavy atom. The third-order valence-electron chi connectivity index (χ3n) is 7.04. The minimum absolute atomic E-state index is 0.0287. The molecule has 1 N–H and O–H groups in total. The molecule has 0 fully saturated rings. The molecule has 3 aromatic carbocycles. The Morgan fingerprint density at radius 1 is 0.953 bits per heavy atom. The van der Waals surface area contributed by atoms with Crippen LogP contribution in [0.25, 0.3) is 32.8 Å². The first-order chi connectivity index (χ1) is 20.6. The quantitative estimate of drug-likeness (QED) is 0.286. The van der Waals surface area contributed by atoms with Gasteiger partial charge in [-0.3, -0.25) is 23.4 Å². The fraction of sp³-hybridized carbons (Fsp3) is 0.138. The van der Waals surface area contributed by atoms with Crippen LogP contribution in [0.4, 0.5) is 13.2 Å². The molecule has 0 unspecified atom stereocenters. The number of fused-ring (bicyclic) bond motifs is 2. The highest BCUT2D eigenvalue weighted by molar-refractivity contribution is 6.35. The monoisotopic (exact) mass is 608 g/mol. The molecular weight excluding hydrogens is 589 g/mol.